The zero-order valence-electron chi connectivity index (χ0n) is 18.7. The van der Waals surface area contributed by atoms with Crippen LogP contribution >= 0.6 is 0 Å². The number of halogens is 4. The summed E-state index contributed by atoms with van der Waals surface area (Å²) in [6.45, 7) is 2.47. The van der Waals surface area contributed by atoms with Crippen LogP contribution in [-0.2, 0) is 10.9 Å². The molecule has 180 valence electrons. The number of ether oxygens (including phenoxy) is 1. The van der Waals surface area contributed by atoms with Crippen molar-refractivity contribution < 1.29 is 27.1 Å². The number of piperidine rings is 1. The van der Waals surface area contributed by atoms with Gasteiger partial charge in [-0.2, -0.15) is 18.4 Å². The number of anilines is 1. The molecule has 2 aromatic carbocycles. The molecule has 0 radical (unpaired) electrons. The molecule has 0 N–H and O–H groups in total. The summed E-state index contributed by atoms with van der Waals surface area (Å²) < 4.78 is 59.4. The molecule has 2 aliphatic rings. The summed E-state index contributed by atoms with van der Waals surface area (Å²) in [4.78, 5) is 16.5. The lowest BCUT2D eigenvalue weighted by Gasteiger charge is -2.42. The highest BCUT2D eigenvalue weighted by molar-refractivity contribution is 5.94. The molecule has 1 spiro atoms. The van der Waals surface area contributed by atoms with Crippen LogP contribution in [0.25, 0.3) is 0 Å². The summed E-state index contributed by atoms with van der Waals surface area (Å²) in [6, 6.07) is 11.0. The van der Waals surface area contributed by atoms with Crippen molar-refractivity contribution >= 4 is 11.6 Å². The van der Waals surface area contributed by atoms with Crippen molar-refractivity contribution in [1.29, 1.82) is 5.26 Å². The minimum absolute atomic E-state index is 0.0777. The van der Waals surface area contributed by atoms with E-state index in [4.69, 9.17) is 10.00 Å². The van der Waals surface area contributed by atoms with Crippen LogP contribution in [0, 0.1) is 28.5 Å². The van der Waals surface area contributed by atoms with Gasteiger partial charge in [0, 0.05) is 50.5 Å². The largest absolute Gasteiger partial charge is 0.417 e. The Balaban J connectivity index is 1.53. The van der Waals surface area contributed by atoms with Crippen molar-refractivity contribution in [2.24, 2.45) is 11.3 Å². The van der Waals surface area contributed by atoms with E-state index in [1.165, 1.54) is 24.3 Å². The highest BCUT2D eigenvalue weighted by Gasteiger charge is 2.49. The fourth-order valence-electron chi connectivity index (χ4n) is 5.25. The Hall–Kier alpha value is -3.12. The molecule has 0 aromatic heterocycles. The van der Waals surface area contributed by atoms with E-state index in [-0.39, 0.29) is 17.2 Å². The molecule has 0 saturated carbocycles. The van der Waals surface area contributed by atoms with E-state index in [1.807, 2.05) is 4.90 Å². The lowest BCUT2D eigenvalue weighted by molar-refractivity contribution is -0.137. The molecule has 2 heterocycles. The van der Waals surface area contributed by atoms with Crippen LogP contribution in [0.2, 0.25) is 0 Å². The first-order valence-corrected chi connectivity index (χ1v) is 11.1. The van der Waals surface area contributed by atoms with Gasteiger partial charge in [-0.15, -0.1) is 0 Å². The number of nitriles is 1. The number of nitrogens with zero attached hydrogens (tertiary/aromatic N) is 3. The first-order chi connectivity index (χ1) is 16.2. The third-order valence-electron chi connectivity index (χ3n) is 7.09. The second kappa shape index (κ2) is 9.26. The molecule has 1 atom stereocenters. The number of likely N-dealkylation sites (tertiary alicyclic amines) is 1. The topological polar surface area (TPSA) is 56.6 Å². The average Bonchev–Trinajstić information content (AvgIpc) is 3.16. The van der Waals surface area contributed by atoms with Crippen molar-refractivity contribution in [3.05, 3.63) is 65.0 Å². The quantitative estimate of drug-likeness (QED) is 0.601. The van der Waals surface area contributed by atoms with Gasteiger partial charge in [-0.1, -0.05) is 6.07 Å². The number of rotatable bonds is 4. The number of methoxy groups -OCH3 is 1. The van der Waals surface area contributed by atoms with Gasteiger partial charge in [-0.05, 0) is 54.7 Å². The molecule has 2 fully saturated rings. The molecule has 4 rings (SSSR count). The summed E-state index contributed by atoms with van der Waals surface area (Å²) in [6.07, 6.45) is -3.28. The standard InChI is InChI=1S/C25H25F4N3O2/c1-34-15-19-14-32(21-6-5-18(13-30)22(12-21)25(27,28)29)16-24(19)7-9-31(10-8-24)23(33)17-3-2-4-20(26)11-17/h2-6,11-12,19H,7-10,14-16H2,1H3. The molecule has 2 saturated heterocycles. The lowest BCUT2D eigenvalue weighted by Crippen LogP contribution is -2.47. The lowest BCUT2D eigenvalue weighted by atomic mass is 9.71. The highest BCUT2D eigenvalue weighted by Crippen LogP contribution is 2.47. The third kappa shape index (κ3) is 4.60. The maximum atomic E-state index is 13.5. The second-order valence-electron chi connectivity index (χ2n) is 9.04. The first kappa shape index (κ1) is 24.0. The number of hydrogen-bond acceptors (Lipinski definition) is 4. The number of hydrogen-bond donors (Lipinski definition) is 0. The van der Waals surface area contributed by atoms with Crippen LogP contribution in [0.3, 0.4) is 0 Å². The summed E-state index contributed by atoms with van der Waals surface area (Å²) in [5, 5.41) is 9.08. The Bertz CT molecular complexity index is 1100. The molecule has 1 unspecified atom stereocenters. The summed E-state index contributed by atoms with van der Waals surface area (Å²) in [5.74, 6) is -0.616. The predicted octanol–water partition coefficient (Wildman–Crippen LogP) is 4.72. The van der Waals surface area contributed by atoms with E-state index in [9.17, 15) is 22.4 Å². The minimum atomic E-state index is -4.62. The van der Waals surface area contributed by atoms with Gasteiger partial charge in [-0.25, -0.2) is 4.39 Å². The van der Waals surface area contributed by atoms with Crippen LogP contribution in [0.4, 0.5) is 23.2 Å². The van der Waals surface area contributed by atoms with Gasteiger partial charge in [0.25, 0.3) is 5.91 Å². The van der Waals surface area contributed by atoms with Gasteiger partial charge in [0.2, 0.25) is 0 Å². The fourth-order valence-corrected chi connectivity index (χ4v) is 5.25. The number of alkyl halides is 3. The Labute approximate surface area is 195 Å². The van der Waals surface area contributed by atoms with E-state index >= 15 is 0 Å². The van der Waals surface area contributed by atoms with Crippen LogP contribution < -0.4 is 4.90 Å². The van der Waals surface area contributed by atoms with Crippen LogP contribution in [0.15, 0.2) is 42.5 Å². The van der Waals surface area contributed by atoms with Crippen LogP contribution in [0.1, 0.15) is 34.3 Å². The first-order valence-electron chi connectivity index (χ1n) is 11.1. The van der Waals surface area contributed by atoms with Crippen molar-refractivity contribution in [2.45, 2.75) is 19.0 Å². The molecule has 2 aliphatic heterocycles. The zero-order valence-corrected chi connectivity index (χ0v) is 18.7. The van der Waals surface area contributed by atoms with Crippen molar-refractivity contribution in [3.8, 4) is 6.07 Å². The Morgan fingerprint density at radius 1 is 1.21 bits per heavy atom. The fraction of sp³-hybridized carbons (Fsp3) is 0.440. The molecular formula is C25H25F4N3O2. The SMILES string of the molecule is COCC1CN(c2ccc(C#N)c(C(F)(F)F)c2)CC12CCN(C(=O)c1cccc(F)c1)CC2. The predicted molar refractivity (Wildman–Crippen MR) is 118 cm³/mol. The van der Waals surface area contributed by atoms with Crippen molar-refractivity contribution in [3.63, 3.8) is 0 Å². The summed E-state index contributed by atoms with van der Waals surface area (Å²) in [5.41, 5.74) is -0.839. The van der Waals surface area contributed by atoms with E-state index < -0.39 is 23.1 Å². The van der Waals surface area contributed by atoms with Gasteiger partial charge < -0.3 is 14.5 Å². The zero-order chi connectivity index (χ0) is 24.5. The third-order valence-corrected chi connectivity index (χ3v) is 7.09. The van der Waals surface area contributed by atoms with Gasteiger partial charge in [0.1, 0.15) is 5.82 Å². The maximum absolute atomic E-state index is 13.5. The van der Waals surface area contributed by atoms with Gasteiger partial charge in [0.15, 0.2) is 0 Å². The maximum Gasteiger partial charge on any atom is 0.417 e. The van der Waals surface area contributed by atoms with E-state index in [1.54, 1.807) is 30.2 Å². The monoisotopic (exact) mass is 475 g/mol. The molecule has 0 bridgehead atoms. The Kier molecular flexibility index (Phi) is 6.54. The average molecular weight is 475 g/mol. The normalized spacial score (nSPS) is 19.9. The second-order valence-corrected chi connectivity index (χ2v) is 9.04. The number of amides is 1. The van der Waals surface area contributed by atoms with Gasteiger partial charge in [-0.3, -0.25) is 4.79 Å². The molecule has 2 aromatic rings. The van der Waals surface area contributed by atoms with E-state index in [2.05, 4.69) is 0 Å². The van der Waals surface area contributed by atoms with Crippen LogP contribution in [0.5, 0.6) is 0 Å². The Morgan fingerprint density at radius 3 is 2.56 bits per heavy atom. The molecule has 1 amide bonds. The number of carbonyl (C=O) groups is 1. The molecule has 5 nitrogen and oxygen atoms in total. The number of benzene rings is 2. The van der Waals surface area contributed by atoms with Crippen LogP contribution in [-0.4, -0.2) is 50.7 Å². The molecule has 0 aliphatic carbocycles. The Morgan fingerprint density at radius 2 is 1.94 bits per heavy atom. The minimum Gasteiger partial charge on any atom is -0.384 e. The van der Waals surface area contributed by atoms with E-state index in [0.717, 1.165) is 6.07 Å². The van der Waals surface area contributed by atoms with E-state index in [0.29, 0.717) is 56.9 Å². The smallest absolute Gasteiger partial charge is 0.384 e. The van der Waals surface area contributed by atoms with Crippen molar-refractivity contribution in [2.75, 3.05) is 44.8 Å². The van der Waals surface area contributed by atoms with Gasteiger partial charge in [0.05, 0.1) is 23.8 Å². The number of carbonyl (C=O) groups excluding carboxylic acids is 1. The highest BCUT2D eigenvalue weighted by atomic mass is 19.4. The molecule has 9 heteroatoms. The van der Waals surface area contributed by atoms with Crippen molar-refractivity contribution in [1.82, 2.24) is 4.90 Å². The molecular weight excluding hydrogens is 450 g/mol. The molecule has 34 heavy (non-hydrogen) atoms. The summed E-state index contributed by atoms with van der Waals surface area (Å²) in [7, 11) is 1.60. The van der Waals surface area contributed by atoms with Gasteiger partial charge >= 0.3 is 6.18 Å². The summed E-state index contributed by atoms with van der Waals surface area (Å²) >= 11 is 0.